The summed E-state index contributed by atoms with van der Waals surface area (Å²) in [4.78, 5) is 29.5. The number of aromatic nitrogens is 2. The van der Waals surface area contributed by atoms with E-state index in [0.717, 1.165) is 18.9 Å². The monoisotopic (exact) mass is 570 g/mol. The smallest absolute Gasteiger partial charge is 0.410 e. The van der Waals surface area contributed by atoms with E-state index in [1.807, 2.05) is 51.1 Å². The van der Waals surface area contributed by atoms with Gasteiger partial charge in [0.25, 0.3) is 5.89 Å². The summed E-state index contributed by atoms with van der Waals surface area (Å²) in [6.45, 7) is 6.71. The fraction of sp³-hybridized carbons (Fsp3) is 0.467. The highest BCUT2D eigenvalue weighted by Crippen LogP contribution is 2.53. The van der Waals surface area contributed by atoms with Crippen LogP contribution < -0.4 is 4.90 Å². The number of hydrogen-bond donors (Lipinski definition) is 0. The molecule has 0 N–H and O–H groups in total. The Morgan fingerprint density at radius 3 is 2.37 bits per heavy atom. The van der Waals surface area contributed by atoms with Crippen molar-refractivity contribution in [2.24, 2.45) is 11.3 Å². The maximum Gasteiger partial charge on any atom is 0.410 e. The first-order valence-electron chi connectivity index (χ1n) is 13.7. The number of piperidine rings is 1. The number of anilines is 1. The van der Waals surface area contributed by atoms with Crippen LogP contribution in [0.4, 0.5) is 23.7 Å². The Morgan fingerprint density at radius 1 is 1.10 bits per heavy atom. The van der Waals surface area contributed by atoms with E-state index in [4.69, 9.17) is 9.15 Å². The minimum atomic E-state index is -2.92. The molecule has 0 unspecified atom stereocenters. The van der Waals surface area contributed by atoms with Crippen LogP contribution in [-0.2, 0) is 16.1 Å². The fourth-order valence-electron chi connectivity index (χ4n) is 5.60. The van der Waals surface area contributed by atoms with Gasteiger partial charge in [-0.05, 0) is 76.1 Å². The molecule has 2 fully saturated rings. The zero-order chi connectivity index (χ0) is 29.4. The lowest BCUT2D eigenvalue weighted by atomic mass is 9.57. The molecule has 1 aliphatic carbocycles. The third kappa shape index (κ3) is 6.39. The Hall–Kier alpha value is -3.89. The lowest BCUT2D eigenvalue weighted by Crippen LogP contribution is -2.53. The number of para-hydroxylation sites is 1. The number of benzene rings is 2. The summed E-state index contributed by atoms with van der Waals surface area (Å²) in [5.74, 6) is -1.96. The van der Waals surface area contributed by atoms with E-state index >= 15 is 4.39 Å². The van der Waals surface area contributed by atoms with E-state index in [-0.39, 0.29) is 46.9 Å². The number of likely N-dealkylation sites (tertiary alicyclic amines) is 1. The van der Waals surface area contributed by atoms with Gasteiger partial charge in [0.1, 0.15) is 11.4 Å². The van der Waals surface area contributed by atoms with Crippen molar-refractivity contribution in [3.63, 3.8) is 0 Å². The molecule has 1 spiro atoms. The zero-order valence-electron chi connectivity index (χ0n) is 23.3. The molecule has 1 aromatic heterocycles. The van der Waals surface area contributed by atoms with Gasteiger partial charge in [0, 0.05) is 35.8 Å². The van der Waals surface area contributed by atoms with Gasteiger partial charge in [0.05, 0.1) is 6.54 Å². The number of rotatable bonds is 6. The van der Waals surface area contributed by atoms with Crippen LogP contribution in [0.2, 0.25) is 0 Å². The van der Waals surface area contributed by atoms with Crippen molar-refractivity contribution < 1.29 is 31.9 Å². The van der Waals surface area contributed by atoms with Crippen molar-refractivity contribution in [3.8, 4) is 11.5 Å². The van der Waals surface area contributed by atoms with Crippen LogP contribution >= 0.6 is 0 Å². The average molecular weight is 571 g/mol. The van der Waals surface area contributed by atoms with E-state index in [1.54, 1.807) is 9.80 Å². The molecule has 0 bridgehead atoms. The van der Waals surface area contributed by atoms with E-state index in [2.05, 4.69) is 10.2 Å². The van der Waals surface area contributed by atoms with Crippen molar-refractivity contribution in [2.75, 3.05) is 18.0 Å². The topological polar surface area (TPSA) is 88.8 Å². The molecule has 218 valence electrons. The summed E-state index contributed by atoms with van der Waals surface area (Å²) in [5.41, 5.74) is 0.544. The lowest BCUT2D eigenvalue weighted by molar-refractivity contribution is -0.132. The van der Waals surface area contributed by atoms with Gasteiger partial charge in [-0.25, -0.2) is 9.18 Å². The predicted molar refractivity (Wildman–Crippen MR) is 144 cm³/mol. The summed E-state index contributed by atoms with van der Waals surface area (Å²) < 4.78 is 51.3. The molecule has 5 rings (SSSR count). The van der Waals surface area contributed by atoms with E-state index < -0.39 is 23.7 Å². The van der Waals surface area contributed by atoms with Gasteiger partial charge in [0.2, 0.25) is 11.8 Å². The zero-order valence-corrected chi connectivity index (χ0v) is 23.3. The van der Waals surface area contributed by atoms with Crippen molar-refractivity contribution in [1.29, 1.82) is 0 Å². The predicted octanol–water partition coefficient (Wildman–Crippen LogP) is 6.77. The maximum absolute atomic E-state index is 15.2. The van der Waals surface area contributed by atoms with E-state index in [9.17, 15) is 18.4 Å². The maximum atomic E-state index is 15.2. The lowest BCUT2D eigenvalue weighted by Gasteiger charge is -2.52. The molecule has 2 aliphatic rings. The van der Waals surface area contributed by atoms with Crippen LogP contribution in [-0.4, -0.2) is 45.8 Å². The number of nitrogens with zero attached hydrogens (tertiary/aromatic N) is 4. The van der Waals surface area contributed by atoms with Crippen LogP contribution in [0.5, 0.6) is 0 Å². The van der Waals surface area contributed by atoms with E-state index in [0.29, 0.717) is 31.6 Å². The molecule has 2 amide bonds. The van der Waals surface area contributed by atoms with Crippen LogP contribution in [0, 0.1) is 17.2 Å². The molecule has 3 aromatic rings. The van der Waals surface area contributed by atoms with E-state index in [1.165, 1.54) is 12.1 Å². The molecular formula is C30H33F3N4O4. The van der Waals surface area contributed by atoms with Gasteiger partial charge in [-0.1, -0.05) is 24.3 Å². The third-order valence-electron chi connectivity index (χ3n) is 7.77. The Kier molecular flexibility index (Phi) is 7.80. The Balaban J connectivity index is 1.26. The molecule has 8 nitrogen and oxygen atoms in total. The standard InChI is InChI=1S/C30H33F3N4O4/c1-29(2,3)41-28(39)36-13-11-30(12-14-36)16-21(17-30)27(38)37(22-7-5-4-6-8-22)18-20-10-9-19(15-23(20)31)25-34-35-26(40-25)24(32)33/h4-10,15,21,24H,11-14,16-18H2,1-3H3. The van der Waals surface area contributed by atoms with Gasteiger partial charge in [-0.2, -0.15) is 8.78 Å². The Bertz CT molecular complexity index is 1390. The summed E-state index contributed by atoms with van der Waals surface area (Å²) in [7, 11) is 0. The van der Waals surface area contributed by atoms with Crippen LogP contribution in [0.15, 0.2) is 52.9 Å². The first-order chi connectivity index (χ1) is 19.4. The number of hydrogen-bond acceptors (Lipinski definition) is 6. The summed E-state index contributed by atoms with van der Waals surface area (Å²) in [5, 5.41) is 6.86. The molecule has 1 saturated heterocycles. The van der Waals surface area contributed by atoms with Crippen molar-refractivity contribution >= 4 is 17.7 Å². The molecule has 1 aliphatic heterocycles. The van der Waals surface area contributed by atoms with Gasteiger partial charge >= 0.3 is 12.5 Å². The molecule has 2 aromatic carbocycles. The van der Waals surface area contributed by atoms with Crippen LogP contribution in [0.3, 0.4) is 0 Å². The molecule has 11 heteroatoms. The Morgan fingerprint density at radius 2 is 1.78 bits per heavy atom. The molecular weight excluding hydrogens is 537 g/mol. The number of carbonyl (C=O) groups excluding carboxylic acids is 2. The Labute approximate surface area is 236 Å². The SMILES string of the molecule is CC(C)(C)OC(=O)N1CCC2(CC1)CC(C(=O)N(Cc1ccc(-c3nnc(C(F)F)o3)cc1F)c1ccccc1)C2. The minimum Gasteiger partial charge on any atom is -0.444 e. The second-order valence-corrected chi connectivity index (χ2v) is 11.9. The van der Waals surface area contributed by atoms with Gasteiger partial charge < -0.3 is 19.0 Å². The largest absolute Gasteiger partial charge is 0.444 e. The van der Waals surface area contributed by atoms with Gasteiger partial charge in [0.15, 0.2) is 0 Å². The first-order valence-corrected chi connectivity index (χ1v) is 13.7. The number of halogens is 3. The number of ether oxygens (including phenoxy) is 1. The average Bonchev–Trinajstić information content (AvgIpc) is 3.41. The van der Waals surface area contributed by atoms with Crippen molar-refractivity contribution in [2.45, 2.75) is 65.0 Å². The second kappa shape index (κ2) is 11.2. The highest BCUT2D eigenvalue weighted by atomic mass is 19.3. The molecule has 0 atom stereocenters. The molecule has 1 saturated carbocycles. The summed E-state index contributed by atoms with van der Waals surface area (Å²) in [6.07, 6.45) is -0.198. The summed E-state index contributed by atoms with van der Waals surface area (Å²) in [6, 6.07) is 13.2. The van der Waals surface area contributed by atoms with Crippen molar-refractivity contribution in [1.82, 2.24) is 15.1 Å². The number of amides is 2. The summed E-state index contributed by atoms with van der Waals surface area (Å²) >= 11 is 0. The molecule has 2 heterocycles. The second-order valence-electron chi connectivity index (χ2n) is 11.9. The molecule has 0 radical (unpaired) electrons. The normalized spacial score (nSPS) is 17.0. The highest BCUT2D eigenvalue weighted by molar-refractivity contribution is 5.95. The fourth-order valence-corrected chi connectivity index (χ4v) is 5.60. The third-order valence-corrected chi connectivity index (χ3v) is 7.77. The highest BCUT2D eigenvalue weighted by Gasteiger charge is 2.50. The number of carbonyl (C=O) groups is 2. The van der Waals surface area contributed by atoms with Crippen LogP contribution in [0.25, 0.3) is 11.5 Å². The van der Waals surface area contributed by atoms with Crippen LogP contribution in [0.1, 0.15) is 64.3 Å². The quantitative estimate of drug-likeness (QED) is 0.325. The number of alkyl halides is 2. The van der Waals surface area contributed by atoms with Gasteiger partial charge in [-0.15, -0.1) is 10.2 Å². The van der Waals surface area contributed by atoms with Crippen molar-refractivity contribution in [3.05, 3.63) is 65.8 Å². The minimum absolute atomic E-state index is 0.00298. The first kappa shape index (κ1) is 28.6. The molecule has 41 heavy (non-hydrogen) atoms. The van der Waals surface area contributed by atoms with Gasteiger partial charge in [-0.3, -0.25) is 4.79 Å².